The van der Waals surface area contributed by atoms with Crippen molar-refractivity contribution >= 4 is 24.9 Å². The quantitative estimate of drug-likeness (QED) is 0.540. The predicted octanol–water partition coefficient (Wildman–Crippen LogP) is 2.40. The van der Waals surface area contributed by atoms with Crippen LogP contribution in [-0.4, -0.2) is 18.9 Å². The predicted molar refractivity (Wildman–Crippen MR) is 55.3 cm³/mol. The Morgan fingerprint density at radius 1 is 1.08 bits per heavy atom. The first-order chi connectivity index (χ1) is 5.40. The van der Waals surface area contributed by atoms with E-state index in [4.69, 9.17) is 0 Å². The van der Waals surface area contributed by atoms with Crippen molar-refractivity contribution in [2.24, 2.45) is 0 Å². The topological polar surface area (TPSA) is 0 Å². The van der Waals surface area contributed by atoms with Gasteiger partial charge in [-0.3, -0.25) is 0 Å². The summed E-state index contributed by atoms with van der Waals surface area (Å²) in [5.74, 6) is 0. The van der Waals surface area contributed by atoms with E-state index in [1.54, 1.807) is 0 Å². The van der Waals surface area contributed by atoms with Crippen molar-refractivity contribution in [2.75, 3.05) is 0 Å². The van der Waals surface area contributed by atoms with Crippen molar-refractivity contribution < 1.29 is 0 Å². The number of hydrogen-bond acceptors (Lipinski definition) is 0. The standard InChI is InChI=1S/C11H11.Li.H/c1-2-9-7-10-5-3-4-6-11(10)8-9;;/h3-8H,2H2,1H3;;. The average molecular weight is 151 g/mol. The van der Waals surface area contributed by atoms with Gasteiger partial charge in [-0.1, -0.05) is 42.8 Å². The Kier molecular flexibility index (Phi) is 3.20. The van der Waals surface area contributed by atoms with Crippen molar-refractivity contribution in [3.63, 3.8) is 0 Å². The van der Waals surface area contributed by atoms with E-state index in [0.717, 1.165) is 6.42 Å². The van der Waals surface area contributed by atoms with Crippen LogP contribution in [0.5, 0.6) is 0 Å². The summed E-state index contributed by atoms with van der Waals surface area (Å²) in [4.78, 5) is 0. The molecular weight excluding hydrogens is 139 g/mol. The van der Waals surface area contributed by atoms with Crippen molar-refractivity contribution in [3.8, 4) is 0 Å². The van der Waals surface area contributed by atoms with E-state index in [9.17, 15) is 0 Å². The molecule has 0 aliphatic heterocycles. The third-order valence-corrected chi connectivity index (χ3v) is 2.09. The van der Waals surface area contributed by atoms with Crippen LogP contribution in [-0.2, 0) is 0 Å². The Labute approximate surface area is 85.9 Å². The Bertz CT molecular complexity index is 300. The Morgan fingerprint density at radius 3 is 2.33 bits per heavy atom. The normalized spacial score (nSPS) is 13.2. The molecule has 0 N–H and O–H groups in total. The summed E-state index contributed by atoms with van der Waals surface area (Å²) in [6.07, 6.45) is 5.65. The molecule has 0 saturated carbocycles. The summed E-state index contributed by atoms with van der Waals surface area (Å²) in [6, 6.07) is 8.49. The van der Waals surface area contributed by atoms with Gasteiger partial charge in [0.25, 0.3) is 0 Å². The zero-order chi connectivity index (χ0) is 7.68. The maximum absolute atomic E-state index is 2.26. The second-order valence-corrected chi connectivity index (χ2v) is 2.85. The number of allylic oxidation sites excluding steroid dienone is 1. The minimum atomic E-state index is 0. The number of hydrogen-bond donors (Lipinski definition) is 0. The van der Waals surface area contributed by atoms with Crippen molar-refractivity contribution in [3.05, 3.63) is 47.4 Å². The number of benzene rings is 1. The van der Waals surface area contributed by atoms with Crippen molar-refractivity contribution in [1.29, 1.82) is 0 Å². The Balaban J connectivity index is 0.000000720. The van der Waals surface area contributed by atoms with Crippen LogP contribution in [0.1, 0.15) is 24.5 Å². The van der Waals surface area contributed by atoms with Crippen LogP contribution in [0.25, 0.3) is 6.08 Å². The van der Waals surface area contributed by atoms with Gasteiger partial charge in [0.05, 0.1) is 0 Å². The second-order valence-electron chi connectivity index (χ2n) is 2.85. The number of rotatable bonds is 1. The zero-order valence-corrected chi connectivity index (χ0v) is 6.67. The molecule has 0 fully saturated rings. The molecule has 1 aromatic rings. The fourth-order valence-electron chi connectivity index (χ4n) is 1.42. The zero-order valence-electron chi connectivity index (χ0n) is 6.67. The summed E-state index contributed by atoms with van der Waals surface area (Å²) < 4.78 is 0. The molecular formula is C11H12Li. The maximum atomic E-state index is 2.26. The molecule has 1 heteroatoms. The molecule has 1 aliphatic rings. The minimum absolute atomic E-state index is 0. The van der Waals surface area contributed by atoms with E-state index in [1.807, 2.05) is 0 Å². The fourth-order valence-corrected chi connectivity index (χ4v) is 1.42. The van der Waals surface area contributed by atoms with Crippen LogP contribution in [0.15, 0.2) is 29.8 Å². The van der Waals surface area contributed by atoms with Crippen LogP contribution in [0, 0.1) is 6.42 Å². The molecule has 1 radical (unpaired) electrons. The van der Waals surface area contributed by atoms with E-state index >= 15 is 0 Å². The van der Waals surface area contributed by atoms with Gasteiger partial charge in [0.15, 0.2) is 0 Å². The monoisotopic (exact) mass is 151 g/mol. The summed E-state index contributed by atoms with van der Waals surface area (Å²) in [7, 11) is 0. The van der Waals surface area contributed by atoms with E-state index in [1.165, 1.54) is 16.7 Å². The van der Waals surface area contributed by atoms with Crippen LogP contribution >= 0.6 is 0 Å². The first-order valence-corrected chi connectivity index (χ1v) is 4.04. The summed E-state index contributed by atoms with van der Waals surface area (Å²) in [5.41, 5.74) is 4.17. The second kappa shape index (κ2) is 3.98. The van der Waals surface area contributed by atoms with E-state index < -0.39 is 0 Å². The van der Waals surface area contributed by atoms with Crippen molar-refractivity contribution in [2.45, 2.75) is 13.3 Å². The Hall–Kier alpha value is -0.443. The summed E-state index contributed by atoms with van der Waals surface area (Å²) in [5, 5.41) is 0. The molecule has 0 aromatic heterocycles. The first-order valence-electron chi connectivity index (χ1n) is 4.04. The molecule has 0 spiro atoms. The SMILES string of the molecule is CCC1=Cc2ccccc2[CH]1.[LiH]. The van der Waals surface area contributed by atoms with Gasteiger partial charge in [0, 0.05) is 6.42 Å². The van der Waals surface area contributed by atoms with Gasteiger partial charge in [-0.05, 0) is 17.5 Å². The Morgan fingerprint density at radius 2 is 1.75 bits per heavy atom. The van der Waals surface area contributed by atoms with Gasteiger partial charge < -0.3 is 0 Å². The van der Waals surface area contributed by atoms with Gasteiger partial charge in [-0.15, -0.1) is 0 Å². The molecule has 0 amide bonds. The molecule has 12 heavy (non-hydrogen) atoms. The van der Waals surface area contributed by atoms with E-state index in [-0.39, 0.29) is 18.9 Å². The third-order valence-electron chi connectivity index (χ3n) is 2.09. The molecule has 0 nitrogen and oxygen atoms in total. The van der Waals surface area contributed by atoms with Gasteiger partial charge in [-0.2, -0.15) is 0 Å². The molecule has 57 valence electrons. The molecule has 1 aliphatic carbocycles. The first kappa shape index (κ1) is 9.64. The molecule has 0 saturated heterocycles. The van der Waals surface area contributed by atoms with Gasteiger partial charge in [0.2, 0.25) is 0 Å². The number of fused-ring (bicyclic) bond motifs is 1. The van der Waals surface area contributed by atoms with Crippen LogP contribution < -0.4 is 0 Å². The van der Waals surface area contributed by atoms with Gasteiger partial charge in [0.1, 0.15) is 0 Å². The molecule has 1 aromatic carbocycles. The van der Waals surface area contributed by atoms with Gasteiger partial charge in [-0.25, -0.2) is 0 Å². The molecule has 0 heterocycles. The van der Waals surface area contributed by atoms with Crippen LogP contribution in [0.2, 0.25) is 0 Å². The van der Waals surface area contributed by atoms with Gasteiger partial charge >= 0.3 is 18.9 Å². The summed E-state index contributed by atoms with van der Waals surface area (Å²) >= 11 is 0. The van der Waals surface area contributed by atoms with Crippen LogP contribution in [0.4, 0.5) is 0 Å². The third kappa shape index (κ3) is 1.66. The molecule has 0 unspecified atom stereocenters. The van der Waals surface area contributed by atoms with Crippen LogP contribution in [0.3, 0.4) is 0 Å². The molecule has 0 bridgehead atoms. The summed E-state index contributed by atoms with van der Waals surface area (Å²) in [6.45, 7) is 2.19. The average Bonchev–Trinajstić information content (AvgIpc) is 2.46. The fraction of sp³-hybridized carbons (Fsp3) is 0.182. The molecule has 0 atom stereocenters. The van der Waals surface area contributed by atoms with E-state index in [0.29, 0.717) is 0 Å². The van der Waals surface area contributed by atoms with E-state index in [2.05, 4.69) is 43.7 Å². The molecule has 2 rings (SSSR count). The van der Waals surface area contributed by atoms with Crippen molar-refractivity contribution in [1.82, 2.24) is 0 Å².